The molecule has 0 heterocycles. The number of aryl methyl sites for hydroxylation is 2. The molecule has 0 aliphatic carbocycles. The summed E-state index contributed by atoms with van der Waals surface area (Å²) in [6, 6.07) is 11.7. The van der Waals surface area contributed by atoms with E-state index < -0.39 is 6.04 Å². The molecule has 144 valence electrons. The van der Waals surface area contributed by atoms with Crippen LogP contribution in [0.25, 0.3) is 0 Å². The van der Waals surface area contributed by atoms with Gasteiger partial charge < -0.3 is 16.0 Å². The number of benzene rings is 2. The predicted octanol–water partition coefficient (Wildman–Crippen LogP) is 2.70. The van der Waals surface area contributed by atoms with Gasteiger partial charge in [0, 0.05) is 13.1 Å². The molecule has 2 amide bonds. The van der Waals surface area contributed by atoms with Crippen LogP contribution in [-0.4, -0.2) is 25.4 Å². The minimum atomic E-state index is -0.754. The summed E-state index contributed by atoms with van der Waals surface area (Å²) in [5.74, 6) is -0.790. The highest BCUT2D eigenvalue weighted by Gasteiger charge is 2.21. The zero-order valence-corrected chi connectivity index (χ0v) is 16.1. The summed E-state index contributed by atoms with van der Waals surface area (Å²) >= 11 is 0. The molecule has 2 aromatic rings. The average Bonchev–Trinajstić information content (AvgIpc) is 2.68. The minimum absolute atomic E-state index is 0.0387. The first-order chi connectivity index (χ1) is 12.8. The molecule has 0 aromatic heterocycles. The van der Waals surface area contributed by atoms with Crippen molar-refractivity contribution in [1.82, 2.24) is 16.0 Å². The van der Waals surface area contributed by atoms with E-state index in [1.165, 1.54) is 7.05 Å². The molecule has 0 bridgehead atoms. The average molecular weight is 371 g/mol. The normalized spacial score (nSPS) is 12.9. The number of hydrogen-bond donors (Lipinski definition) is 3. The van der Waals surface area contributed by atoms with E-state index in [4.69, 9.17) is 0 Å². The molecule has 5 nitrogen and oxygen atoms in total. The second kappa shape index (κ2) is 9.28. The van der Waals surface area contributed by atoms with Gasteiger partial charge in [-0.3, -0.25) is 9.59 Å². The van der Waals surface area contributed by atoms with Gasteiger partial charge in [0.05, 0.1) is 6.54 Å². The highest BCUT2D eigenvalue weighted by Crippen LogP contribution is 2.20. The number of likely N-dealkylation sites (N-methyl/N-ethyl adjacent to an activating group) is 1. The molecule has 2 rings (SSSR count). The first-order valence-electron chi connectivity index (χ1n) is 8.89. The second-order valence-electron chi connectivity index (χ2n) is 6.60. The first-order valence-corrected chi connectivity index (χ1v) is 8.89. The van der Waals surface area contributed by atoms with Gasteiger partial charge in [0.2, 0.25) is 11.8 Å². The van der Waals surface area contributed by atoms with Crippen LogP contribution in [-0.2, 0) is 9.59 Å². The summed E-state index contributed by atoms with van der Waals surface area (Å²) in [5, 5.41) is 8.44. The molecular formula is C21H26FN3O2. The first kappa shape index (κ1) is 20.6. The van der Waals surface area contributed by atoms with Crippen LogP contribution in [0.4, 0.5) is 4.39 Å². The van der Waals surface area contributed by atoms with Gasteiger partial charge in [0.1, 0.15) is 11.9 Å². The van der Waals surface area contributed by atoms with Crippen molar-refractivity contribution in [3.8, 4) is 0 Å². The van der Waals surface area contributed by atoms with Crippen molar-refractivity contribution in [2.75, 3.05) is 13.6 Å². The lowest BCUT2D eigenvalue weighted by molar-refractivity contribution is -0.128. The lowest BCUT2D eigenvalue weighted by Crippen LogP contribution is -2.42. The highest BCUT2D eigenvalue weighted by molar-refractivity contribution is 5.89. The molecule has 2 aromatic carbocycles. The third kappa shape index (κ3) is 5.37. The van der Waals surface area contributed by atoms with Gasteiger partial charge in [-0.2, -0.15) is 0 Å². The predicted molar refractivity (Wildman–Crippen MR) is 104 cm³/mol. The molecule has 2 atom stereocenters. The lowest BCUT2D eigenvalue weighted by atomic mass is 10.0. The summed E-state index contributed by atoms with van der Waals surface area (Å²) in [5.41, 5.74) is 2.77. The van der Waals surface area contributed by atoms with Crippen LogP contribution in [0.1, 0.15) is 41.3 Å². The summed E-state index contributed by atoms with van der Waals surface area (Å²) in [6.07, 6.45) is 0. The molecule has 3 N–H and O–H groups in total. The van der Waals surface area contributed by atoms with Crippen LogP contribution in [0, 0.1) is 19.7 Å². The quantitative estimate of drug-likeness (QED) is 0.701. The molecule has 0 fully saturated rings. The Morgan fingerprint density at radius 1 is 1.04 bits per heavy atom. The van der Waals surface area contributed by atoms with Crippen molar-refractivity contribution < 1.29 is 14.0 Å². The Kier molecular flexibility index (Phi) is 7.07. The van der Waals surface area contributed by atoms with Crippen LogP contribution in [0.5, 0.6) is 0 Å². The van der Waals surface area contributed by atoms with E-state index in [-0.39, 0.29) is 30.2 Å². The Morgan fingerprint density at radius 3 is 2.19 bits per heavy atom. The van der Waals surface area contributed by atoms with Crippen LogP contribution in [0.3, 0.4) is 0 Å². The topological polar surface area (TPSA) is 70.2 Å². The van der Waals surface area contributed by atoms with Gasteiger partial charge in [0.15, 0.2) is 0 Å². The van der Waals surface area contributed by atoms with Crippen molar-refractivity contribution >= 4 is 11.8 Å². The van der Waals surface area contributed by atoms with Gasteiger partial charge >= 0.3 is 0 Å². The van der Waals surface area contributed by atoms with Crippen molar-refractivity contribution in [1.29, 1.82) is 0 Å². The van der Waals surface area contributed by atoms with E-state index >= 15 is 0 Å². The Morgan fingerprint density at radius 2 is 1.63 bits per heavy atom. The van der Waals surface area contributed by atoms with E-state index in [1.54, 1.807) is 38.1 Å². The Balaban J connectivity index is 2.00. The zero-order chi connectivity index (χ0) is 20.0. The molecule has 0 aliphatic rings. The van der Waals surface area contributed by atoms with Crippen LogP contribution in [0.2, 0.25) is 0 Å². The Labute approximate surface area is 159 Å². The van der Waals surface area contributed by atoms with E-state index in [1.807, 2.05) is 25.1 Å². The molecule has 0 spiro atoms. The number of halogens is 1. The summed E-state index contributed by atoms with van der Waals surface area (Å²) < 4.78 is 13.8. The zero-order valence-electron chi connectivity index (χ0n) is 16.1. The smallest absolute Gasteiger partial charge is 0.246 e. The van der Waals surface area contributed by atoms with E-state index in [2.05, 4.69) is 16.0 Å². The maximum atomic E-state index is 13.8. The molecule has 0 saturated heterocycles. The summed E-state index contributed by atoms with van der Waals surface area (Å²) in [4.78, 5) is 24.5. The van der Waals surface area contributed by atoms with Gasteiger partial charge in [-0.05, 0) is 43.0 Å². The fraction of sp³-hybridized carbons (Fsp3) is 0.333. The van der Waals surface area contributed by atoms with Gasteiger partial charge in [-0.25, -0.2) is 4.39 Å². The van der Waals surface area contributed by atoms with E-state index in [0.29, 0.717) is 16.7 Å². The Hall–Kier alpha value is -2.73. The molecule has 6 heteroatoms. The molecular weight excluding hydrogens is 345 g/mol. The van der Waals surface area contributed by atoms with Gasteiger partial charge in [0.25, 0.3) is 0 Å². The molecule has 0 saturated carbocycles. The van der Waals surface area contributed by atoms with Crippen molar-refractivity contribution in [3.63, 3.8) is 0 Å². The molecule has 0 unspecified atom stereocenters. The van der Waals surface area contributed by atoms with Crippen LogP contribution < -0.4 is 16.0 Å². The number of nitrogens with one attached hydrogen (secondary N) is 3. The third-order valence-electron chi connectivity index (χ3n) is 4.47. The summed E-state index contributed by atoms with van der Waals surface area (Å²) in [7, 11) is 1.53. The van der Waals surface area contributed by atoms with Gasteiger partial charge in [-0.15, -0.1) is 0 Å². The highest BCUT2D eigenvalue weighted by atomic mass is 19.1. The van der Waals surface area contributed by atoms with E-state index in [0.717, 1.165) is 5.56 Å². The number of amides is 2. The monoisotopic (exact) mass is 371 g/mol. The Bertz CT molecular complexity index is 785. The largest absolute Gasteiger partial charge is 0.357 e. The minimum Gasteiger partial charge on any atom is -0.357 e. The maximum Gasteiger partial charge on any atom is 0.246 e. The molecule has 0 aliphatic heterocycles. The second-order valence-corrected chi connectivity index (χ2v) is 6.60. The summed E-state index contributed by atoms with van der Waals surface area (Å²) in [6.45, 7) is 5.39. The standard InChI is InChI=1S/C21H26FN3O2/c1-13-10-17(11-14(2)19(13)22)15(3)24-12-18(26)25-20(21(27)23-4)16-8-6-5-7-9-16/h5-11,15,20,24H,12H2,1-4H3,(H,23,27)(H,25,26)/t15-,20+/m0/s1. The SMILES string of the molecule is CNC(=O)[C@H](NC(=O)CN[C@@H](C)c1cc(C)c(F)c(C)c1)c1ccccc1. The van der Waals surface area contributed by atoms with Crippen LogP contribution in [0.15, 0.2) is 42.5 Å². The van der Waals surface area contributed by atoms with E-state index in [9.17, 15) is 14.0 Å². The van der Waals surface area contributed by atoms with Gasteiger partial charge in [-0.1, -0.05) is 42.5 Å². The van der Waals surface area contributed by atoms with Crippen molar-refractivity contribution in [3.05, 3.63) is 70.5 Å². The number of rotatable bonds is 7. The number of hydrogen-bond acceptors (Lipinski definition) is 3. The van der Waals surface area contributed by atoms with Crippen molar-refractivity contribution in [2.45, 2.75) is 32.9 Å². The third-order valence-corrected chi connectivity index (χ3v) is 4.47. The maximum absolute atomic E-state index is 13.8. The number of carbonyl (C=O) groups is 2. The molecule has 27 heavy (non-hydrogen) atoms. The number of carbonyl (C=O) groups excluding carboxylic acids is 2. The lowest BCUT2D eigenvalue weighted by Gasteiger charge is -2.20. The fourth-order valence-electron chi connectivity index (χ4n) is 2.90. The molecule has 0 radical (unpaired) electrons. The van der Waals surface area contributed by atoms with Crippen molar-refractivity contribution in [2.24, 2.45) is 0 Å². The fourth-order valence-corrected chi connectivity index (χ4v) is 2.90. The van der Waals surface area contributed by atoms with Crippen LogP contribution >= 0.6 is 0 Å².